The number of aryl methyl sites for hydroxylation is 1. The van der Waals surface area contributed by atoms with Crippen LogP contribution < -0.4 is 5.73 Å². The van der Waals surface area contributed by atoms with Crippen molar-refractivity contribution in [1.82, 2.24) is 4.57 Å². The predicted molar refractivity (Wildman–Crippen MR) is 78.8 cm³/mol. The van der Waals surface area contributed by atoms with Gasteiger partial charge in [-0.2, -0.15) is 0 Å². The molecule has 0 radical (unpaired) electrons. The smallest absolute Gasteiger partial charge is 0.0480 e. The van der Waals surface area contributed by atoms with Crippen LogP contribution >= 0.6 is 0 Å². The number of fused-ring (bicyclic) bond motifs is 1. The van der Waals surface area contributed by atoms with E-state index in [9.17, 15) is 0 Å². The lowest BCUT2D eigenvalue weighted by Gasteiger charge is -2.08. The maximum atomic E-state index is 5.60. The maximum Gasteiger partial charge on any atom is 0.0480 e. The number of rotatable bonds is 6. The molecule has 0 fully saturated rings. The van der Waals surface area contributed by atoms with E-state index in [0.29, 0.717) is 0 Å². The molecule has 1 aromatic heterocycles. The molecule has 98 valence electrons. The highest BCUT2D eigenvalue weighted by molar-refractivity contribution is 5.80. The van der Waals surface area contributed by atoms with Gasteiger partial charge in [0.15, 0.2) is 0 Å². The number of hydrogen-bond donors (Lipinski definition) is 1. The van der Waals surface area contributed by atoms with Crippen molar-refractivity contribution in [3.8, 4) is 0 Å². The Morgan fingerprint density at radius 2 is 2.06 bits per heavy atom. The molecule has 2 N–H and O–H groups in total. The minimum Gasteiger partial charge on any atom is -0.347 e. The number of nitrogens with two attached hydrogens (primary N) is 1. The van der Waals surface area contributed by atoms with Crippen LogP contribution in [0.3, 0.4) is 0 Å². The number of nitrogens with zero attached hydrogens (tertiary/aromatic N) is 1. The molecule has 0 atom stereocenters. The summed E-state index contributed by atoms with van der Waals surface area (Å²) >= 11 is 0. The molecule has 0 aliphatic heterocycles. The second kappa shape index (κ2) is 6.05. The molecular weight excluding hydrogens is 220 g/mol. The highest BCUT2D eigenvalue weighted by atomic mass is 14.9. The molecule has 0 saturated carbocycles. The SMILES string of the molecule is CC(C)CCCn1ccc2cc(CCN)ccc21. The Hall–Kier alpha value is -1.28. The molecule has 18 heavy (non-hydrogen) atoms. The van der Waals surface area contributed by atoms with E-state index in [1.165, 1.54) is 29.3 Å². The van der Waals surface area contributed by atoms with E-state index in [4.69, 9.17) is 5.73 Å². The van der Waals surface area contributed by atoms with Gasteiger partial charge in [-0.15, -0.1) is 0 Å². The molecule has 2 rings (SSSR count). The van der Waals surface area contributed by atoms with E-state index in [1.54, 1.807) is 0 Å². The summed E-state index contributed by atoms with van der Waals surface area (Å²) in [6.45, 7) is 6.41. The lowest BCUT2D eigenvalue weighted by atomic mass is 10.1. The van der Waals surface area contributed by atoms with Gasteiger partial charge >= 0.3 is 0 Å². The van der Waals surface area contributed by atoms with Gasteiger partial charge in [0.2, 0.25) is 0 Å². The van der Waals surface area contributed by atoms with E-state index in [0.717, 1.165) is 25.4 Å². The predicted octanol–water partition coefficient (Wildman–Crippen LogP) is 3.58. The van der Waals surface area contributed by atoms with Gasteiger partial charge in [-0.25, -0.2) is 0 Å². The van der Waals surface area contributed by atoms with Crippen LogP contribution in [0.1, 0.15) is 32.3 Å². The summed E-state index contributed by atoms with van der Waals surface area (Å²) in [5, 5.41) is 1.34. The molecule has 0 saturated heterocycles. The molecule has 1 aromatic carbocycles. The highest BCUT2D eigenvalue weighted by Crippen LogP contribution is 2.19. The lowest BCUT2D eigenvalue weighted by Crippen LogP contribution is -2.02. The minimum absolute atomic E-state index is 0.723. The van der Waals surface area contributed by atoms with Crippen molar-refractivity contribution in [2.75, 3.05) is 6.54 Å². The molecule has 0 spiro atoms. The van der Waals surface area contributed by atoms with Gasteiger partial charge in [0, 0.05) is 18.3 Å². The molecule has 1 heterocycles. The normalized spacial score (nSPS) is 11.6. The van der Waals surface area contributed by atoms with E-state index >= 15 is 0 Å². The summed E-state index contributed by atoms with van der Waals surface area (Å²) in [5.74, 6) is 0.794. The van der Waals surface area contributed by atoms with E-state index in [-0.39, 0.29) is 0 Å². The van der Waals surface area contributed by atoms with Crippen molar-refractivity contribution < 1.29 is 0 Å². The molecule has 0 unspecified atom stereocenters. The first-order chi connectivity index (χ1) is 8.70. The molecule has 0 amide bonds. The Morgan fingerprint density at radius 3 is 2.78 bits per heavy atom. The van der Waals surface area contributed by atoms with Crippen molar-refractivity contribution in [2.24, 2.45) is 11.7 Å². The van der Waals surface area contributed by atoms with Crippen LogP contribution in [0.5, 0.6) is 0 Å². The summed E-state index contributed by atoms with van der Waals surface area (Å²) in [5.41, 5.74) is 8.28. The average Bonchev–Trinajstić information content (AvgIpc) is 2.72. The molecule has 2 heteroatoms. The van der Waals surface area contributed by atoms with Crippen molar-refractivity contribution in [3.05, 3.63) is 36.0 Å². The molecule has 2 nitrogen and oxygen atoms in total. The first-order valence-corrected chi connectivity index (χ1v) is 6.98. The summed E-state index contributed by atoms with van der Waals surface area (Å²) < 4.78 is 2.37. The van der Waals surface area contributed by atoms with Crippen molar-refractivity contribution in [1.29, 1.82) is 0 Å². The van der Waals surface area contributed by atoms with Crippen LogP contribution in [0.15, 0.2) is 30.5 Å². The van der Waals surface area contributed by atoms with Crippen LogP contribution in [-0.4, -0.2) is 11.1 Å². The first kappa shape index (κ1) is 13.2. The number of hydrogen-bond acceptors (Lipinski definition) is 1. The molecule has 0 bridgehead atoms. The average molecular weight is 244 g/mol. The fourth-order valence-electron chi connectivity index (χ4n) is 2.44. The van der Waals surface area contributed by atoms with E-state index in [1.807, 2.05) is 0 Å². The second-order valence-electron chi connectivity index (χ2n) is 5.48. The molecular formula is C16H24N2. The highest BCUT2D eigenvalue weighted by Gasteiger charge is 2.02. The Morgan fingerprint density at radius 1 is 1.22 bits per heavy atom. The van der Waals surface area contributed by atoms with E-state index in [2.05, 4.69) is 48.9 Å². The summed E-state index contributed by atoms with van der Waals surface area (Å²) in [6, 6.07) is 8.91. The minimum atomic E-state index is 0.723. The zero-order valence-corrected chi connectivity index (χ0v) is 11.5. The largest absolute Gasteiger partial charge is 0.347 e. The van der Waals surface area contributed by atoms with Crippen LogP contribution in [-0.2, 0) is 13.0 Å². The van der Waals surface area contributed by atoms with Gasteiger partial charge in [-0.1, -0.05) is 19.9 Å². The van der Waals surface area contributed by atoms with Crippen LogP contribution in [0.2, 0.25) is 0 Å². The summed E-state index contributed by atoms with van der Waals surface area (Å²) in [7, 11) is 0. The third-order valence-electron chi connectivity index (χ3n) is 3.45. The van der Waals surface area contributed by atoms with Crippen molar-refractivity contribution >= 4 is 10.9 Å². The Kier molecular flexibility index (Phi) is 4.43. The van der Waals surface area contributed by atoms with Gasteiger partial charge in [0.1, 0.15) is 0 Å². The third kappa shape index (κ3) is 3.14. The monoisotopic (exact) mass is 244 g/mol. The third-order valence-corrected chi connectivity index (χ3v) is 3.45. The lowest BCUT2D eigenvalue weighted by molar-refractivity contribution is 0.518. The zero-order valence-electron chi connectivity index (χ0n) is 11.5. The zero-order chi connectivity index (χ0) is 13.0. The van der Waals surface area contributed by atoms with Crippen LogP contribution in [0, 0.1) is 5.92 Å². The number of benzene rings is 1. The van der Waals surface area contributed by atoms with Crippen molar-refractivity contribution in [2.45, 2.75) is 39.7 Å². The topological polar surface area (TPSA) is 30.9 Å². The quantitative estimate of drug-likeness (QED) is 0.827. The first-order valence-electron chi connectivity index (χ1n) is 6.98. The fourth-order valence-corrected chi connectivity index (χ4v) is 2.44. The van der Waals surface area contributed by atoms with Crippen molar-refractivity contribution in [3.63, 3.8) is 0 Å². The van der Waals surface area contributed by atoms with E-state index < -0.39 is 0 Å². The fraction of sp³-hybridized carbons (Fsp3) is 0.500. The Balaban J connectivity index is 2.10. The second-order valence-corrected chi connectivity index (χ2v) is 5.48. The van der Waals surface area contributed by atoms with Crippen LogP contribution in [0.25, 0.3) is 10.9 Å². The van der Waals surface area contributed by atoms with Gasteiger partial charge < -0.3 is 10.3 Å². The van der Waals surface area contributed by atoms with Gasteiger partial charge in [-0.05, 0) is 60.9 Å². The molecule has 2 aromatic rings. The number of aromatic nitrogens is 1. The molecule has 0 aliphatic rings. The van der Waals surface area contributed by atoms with Gasteiger partial charge in [0.05, 0.1) is 0 Å². The maximum absolute atomic E-state index is 5.60. The Labute approximate surface area is 110 Å². The molecule has 0 aliphatic carbocycles. The Bertz CT molecular complexity index is 497. The summed E-state index contributed by atoms with van der Waals surface area (Å²) in [6.07, 6.45) is 5.72. The van der Waals surface area contributed by atoms with Gasteiger partial charge in [-0.3, -0.25) is 0 Å². The van der Waals surface area contributed by atoms with Gasteiger partial charge in [0.25, 0.3) is 0 Å². The summed E-state index contributed by atoms with van der Waals surface area (Å²) in [4.78, 5) is 0. The van der Waals surface area contributed by atoms with Crippen LogP contribution in [0.4, 0.5) is 0 Å². The standard InChI is InChI=1S/C16H24N2/c1-13(2)4-3-10-18-11-8-15-12-14(7-9-17)5-6-16(15)18/h5-6,8,11-13H,3-4,7,9-10,17H2,1-2H3.